The van der Waals surface area contributed by atoms with Gasteiger partial charge in [-0.2, -0.15) is 0 Å². The second-order valence-corrected chi connectivity index (χ2v) is 8.43. The van der Waals surface area contributed by atoms with Gasteiger partial charge in [-0.15, -0.1) is 6.58 Å². The van der Waals surface area contributed by atoms with Gasteiger partial charge in [-0.1, -0.05) is 29.1 Å². The van der Waals surface area contributed by atoms with Crippen LogP contribution in [0.3, 0.4) is 0 Å². The van der Waals surface area contributed by atoms with E-state index in [2.05, 4.69) is 23.7 Å². The lowest BCUT2D eigenvalue weighted by atomic mass is 10.2. The van der Waals surface area contributed by atoms with Crippen molar-refractivity contribution < 1.29 is 22.9 Å². The highest BCUT2D eigenvalue weighted by Crippen LogP contribution is 2.22. The lowest BCUT2D eigenvalue weighted by Crippen LogP contribution is -2.46. The molecule has 0 aromatic heterocycles. The second-order valence-electron chi connectivity index (χ2n) is 5.70. The molecule has 0 aromatic rings. The molecule has 1 heterocycles. The van der Waals surface area contributed by atoms with E-state index in [4.69, 9.17) is 28.6 Å². The third-order valence-electron chi connectivity index (χ3n) is 3.62. The van der Waals surface area contributed by atoms with Crippen LogP contribution >= 0.6 is 0 Å². The number of hydrogen-bond acceptors (Lipinski definition) is 9. The summed E-state index contributed by atoms with van der Waals surface area (Å²) in [6.45, 7) is 15.3. The Hall–Kier alpha value is -1.85. The van der Waals surface area contributed by atoms with E-state index in [1.165, 1.54) is 5.28 Å². The Bertz CT molecular complexity index is 539. The Balaban J connectivity index is 2.83. The van der Waals surface area contributed by atoms with E-state index in [0.29, 0.717) is 38.0 Å². The summed E-state index contributed by atoms with van der Waals surface area (Å²) < 4.78 is 23.2. The summed E-state index contributed by atoms with van der Waals surface area (Å²) in [6.07, 6.45) is 4.62. The molecule has 9 nitrogen and oxygen atoms in total. The quantitative estimate of drug-likeness (QED) is 0.311. The van der Waals surface area contributed by atoms with Gasteiger partial charge in [-0.25, -0.2) is 4.84 Å². The normalized spacial score (nSPS) is 14.5. The molecule has 0 aromatic carbocycles. The molecule has 1 aliphatic heterocycles. The summed E-state index contributed by atoms with van der Waals surface area (Å²) in [4.78, 5) is 5.44. The standard InChI is InChI=1S/C18H34N4O5Si/c1-6-13-23-18-17(19)16(20-22(21-18)24-14-7-2)12-11-15-28(25-8-3,26-9-4)27-10-5/h6-7,20H,1-2,8-15,19H2,3-5H3. The third kappa shape index (κ3) is 7.64. The van der Waals surface area contributed by atoms with E-state index in [1.54, 1.807) is 12.2 Å². The van der Waals surface area contributed by atoms with E-state index in [0.717, 1.165) is 12.1 Å². The summed E-state index contributed by atoms with van der Waals surface area (Å²) in [6, 6.07) is 0.675. The second kappa shape index (κ2) is 13.3. The maximum Gasteiger partial charge on any atom is 0.500 e. The Kier molecular flexibility index (Phi) is 11.5. The van der Waals surface area contributed by atoms with Crippen LogP contribution in [0.1, 0.15) is 33.6 Å². The van der Waals surface area contributed by atoms with Crippen LogP contribution in [-0.2, 0) is 22.9 Å². The number of hydrogen-bond donors (Lipinski definition) is 2. The van der Waals surface area contributed by atoms with Gasteiger partial charge in [0.2, 0.25) is 0 Å². The SMILES string of the molecule is C=CCOC1=NN(OCC=C)NC(CCC[Si](OCC)(OCC)OCC)=C1N. The molecule has 0 fully saturated rings. The summed E-state index contributed by atoms with van der Waals surface area (Å²) in [5, 5.41) is 5.41. The molecular formula is C18H34N4O5Si. The molecule has 0 unspecified atom stereocenters. The van der Waals surface area contributed by atoms with Gasteiger partial charge in [-0.05, 0) is 33.6 Å². The fourth-order valence-corrected chi connectivity index (χ4v) is 5.18. The Morgan fingerprint density at radius 1 is 1.07 bits per heavy atom. The number of ether oxygens (including phenoxy) is 1. The van der Waals surface area contributed by atoms with Crippen molar-refractivity contribution in [3.63, 3.8) is 0 Å². The van der Waals surface area contributed by atoms with Crippen LogP contribution in [0.5, 0.6) is 0 Å². The first-order valence-corrected chi connectivity index (χ1v) is 11.5. The van der Waals surface area contributed by atoms with Crippen LogP contribution in [-0.4, -0.2) is 53.0 Å². The van der Waals surface area contributed by atoms with Crippen LogP contribution < -0.4 is 11.2 Å². The predicted molar refractivity (Wildman–Crippen MR) is 111 cm³/mol. The predicted octanol–water partition coefficient (Wildman–Crippen LogP) is 2.44. The minimum atomic E-state index is -2.70. The highest BCUT2D eigenvalue weighted by Gasteiger charge is 2.39. The molecule has 160 valence electrons. The van der Waals surface area contributed by atoms with E-state index in [9.17, 15) is 0 Å². The summed E-state index contributed by atoms with van der Waals surface area (Å²) in [5.41, 5.74) is 10.4. The molecule has 3 N–H and O–H groups in total. The van der Waals surface area contributed by atoms with Crippen LogP contribution in [0.4, 0.5) is 0 Å². The maximum absolute atomic E-state index is 6.22. The van der Waals surface area contributed by atoms with Crippen molar-refractivity contribution in [2.75, 3.05) is 33.0 Å². The van der Waals surface area contributed by atoms with Crippen molar-refractivity contribution in [3.05, 3.63) is 36.7 Å². The average molecular weight is 415 g/mol. The highest BCUT2D eigenvalue weighted by atomic mass is 28.4. The molecule has 10 heteroatoms. The molecule has 1 rings (SSSR count). The molecule has 0 amide bonds. The van der Waals surface area contributed by atoms with Crippen molar-refractivity contribution in [2.24, 2.45) is 10.8 Å². The fourth-order valence-electron chi connectivity index (χ4n) is 2.57. The molecular weight excluding hydrogens is 380 g/mol. The van der Waals surface area contributed by atoms with Gasteiger partial charge in [0.15, 0.2) is 0 Å². The van der Waals surface area contributed by atoms with Crippen molar-refractivity contribution in [1.29, 1.82) is 0 Å². The Morgan fingerprint density at radius 3 is 2.21 bits per heavy atom. The average Bonchev–Trinajstić information content (AvgIpc) is 2.67. The van der Waals surface area contributed by atoms with Gasteiger partial charge in [0.1, 0.15) is 12.3 Å². The number of hydrazine groups is 1. The van der Waals surface area contributed by atoms with Crippen molar-refractivity contribution >= 4 is 14.7 Å². The molecule has 1 aliphatic rings. The van der Waals surface area contributed by atoms with Crippen molar-refractivity contribution in [1.82, 2.24) is 10.7 Å². The van der Waals surface area contributed by atoms with E-state index in [1.807, 2.05) is 20.8 Å². The lowest BCUT2D eigenvalue weighted by molar-refractivity contribution is -0.182. The Morgan fingerprint density at radius 2 is 1.68 bits per heavy atom. The molecule has 0 aliphatic carbocycles. The van der Waals surface area contributed by atoms with E-state index < -0.39 is 8.80 Å². The van der Waals surface area contributed by atoms with E-state index >= 15 is 0 Å². The summed E-state index contributed by atoms with van der Waals surface area (Å²) >= 11 is 0. The number of rotatable bonds is 15. The topological polar surface area (TPSA) is 99.8 Å². The van der Waals surface area contributed by atoms with Crippen LogP contribution in [0.2, 0.25) is 6.04 Å². The van der Waals surface area contributed by atoms with Gasteiger partial charge in [0.05, 0.1) is 12.3 Å². The molecule has 28 heavy (non-hydrogen) atoms. The third-order valence-corrected chi connectivity index (χ3v) is 6.77. The molecule has 0 atom stereocenters. The van der Waals surface area contributed by atoms with Gasteiger partial charge in [0, 0.05) is 25.9 Å². The van der Waals surface area contributed by atoms with Gasteiger partial charge < -0.3 is 23.7 Å². The summed E-state index contributed by atoms with van der Waals surface area (Å²) in [7, 11) is -2.70. The monoisotopic (exact) mass is 414 g/mol. The zero-order valence-electron chi connectivity index (χ0n) is 17.2. The first-order chi connectivity index (χ1) is 13.6. The zero-order valence-corrected chi connectivity index (χ0v) is 18.2. The Labute approximate surface area is 169 Å². The fraction of sp³-hybridized carbons (Fsp3) is 0.611. The van der Waals surface area contributed by atoms with Crippen molar-refractivity contribution in [2.45, 2.75) is 39.7 Å². The zero-order chi connectivity index (χ0) is 20.8. The van der Waals surface area contributed by atoms with Gasteiger partial charge in [0.25, 0.3) is 5.90 Å². The number of hydrazone groups is 1. The first-order valence-electron chi connectivity index (χ1n) is 9.59. The van der Waals surface area contributed by atoms with Crippen LogP contribution in [0.25, 0.3) is 0 Å². The molecule has 0 saturated heterocycles. The number of nitrogens with two attached hydrogens (primary N) is 1. The van der Waals surface area contributed by atoms with Crippen LogP contribution in [0, 0.1) is 0 Å². The molecule has 0 bridgehead atoms. The smallest absolute Gasteiger partial charge is 0.471 e. The minimum absolute atomic E-state index is 0.278. The van der Waals surface area contributed by atoms with E-state index in [-0.39, 0.29) is 19.1 Å². The van der Waals surface area contributed by atoms with Crippen LogP contribution in [0.15, 0.2) is 41.8 Å². The minimum Gasteiger partial charge on any atom is -0.471 e. The molecule has 0 radical (unpaired) electrons. The maximum atomic E-state index is 6.22. The van der Waals surface area contributed by atoms with Gasteiger partial charge >= 0.3 is 8.80 Å². The van der Waals surface area contributed by atoms with Crippen molar-refractivity contribution in [3.8, 4) is 0 Å². The number of allylic oxidation sites excluding steroid dienone is 1. The largest absolute Gasteiger partial charge is 0.500 e. The lowest BCUT2D eigenvalue weighted by Gasteiger charge is -2.30. The number of nitrogens with one attached hydrogen (secondary N) is 1. The first kappa shape index (κ1) is 24.2. The number of nitrogens with zero attached hydrogens (tertiary/aromatic N) is 2. The molecule has 0 saturated carbocycles. The summed E-state index contributed by atoms with van der Waals surface area (Å²) in [5.74, 6) is 0.278. The highest BCUT2D eigenvalue weighted by molar-refractivity contribution is 6.60. The molecule has 0 spiro atoms. The van der Waals surface area contributed by atoms with Gasteiger partial charge in [-0.3, -0.25) is 5.43 Å².